The summed E-state index contributed by atoms with van der Waals surface area (Å²) in [5.41, 5.74) is 3.47. The molecule has 146 valence electrons. The molecule has 0 aliphatic carbocycles. The van der Waals surface area contributed by atoms with Gasteiger partial charge in [0.15, 0.2) is 0 Å². The fraction of sp³-hybridized carbons (Fsp3) is 0.318. The van der Waals surface area contributed by atoms with Gasteiger partial charge in [0, 0.05) is 42.4 Å². The monoisotopic (exact) mass is 393 g/mol. The number of hydrogen-bond acceptors (Lipinski definition) is 6. The first-order valence-electron chi connectivity index (χ1n) is 9.46. The molecule has 28 heavy (non-hydrogen) atoms. The van der Waals surface area contributed by atoms with Crippen LogP contribution >= 0.6 is 11.8 Å². The summed E-state index contributed by atoms with van der Waals surface area (Å²) in [6, 6.07) is 6.18. The van der Waals surface area contributed by atoms with E-state index in [0.717, 1.165) is 35.2 Å². The Morgan fingerprint density at radius 2 is 2.21 bits per heavy atom. The Bertz CT molecular complexity index is 864. The molecule has 3 rings (SSSR count). The second-order valence-corrected chi connectivity index (χ2v) is 7.56. The number of thioether (sulfide) groups is 1. The molecule has 1 saturated heterocycles. The van der Waals surface area contributed by atoms with Gasteiger partial charge in [-0.2, -0.15) is 0 Å². The summed E-state index contributed by atoms with van der Waals surface area (Å²) in [6.45, 7) is 9.74. The van der Waals surface area contributed by atoms with E-state index in [1.54, 1.807) is 11.8 Å². The van der Waals surface area contributed by atoms with Crippen molar-refractivity contribution >= 4 is 29.1 Å². The predicted molar refractivity (Wildman–Crippen MR) is 122 cm³/mol. The third-order valence-corrected chi connectivity index (χ3v) is 5.52. The van der Waals surface area contributed by atoms with Crippen LogP contribution in [0, 0.1) is 0 Å². The Labute approximate surface area is 171 Å². The molecule has 0 spiro atoms. The highest BCUT2D eigenvalue weighted by atomic mass is 32.2. The Morgan fingerprint density at radius 1 is 1.36 bits per heavy atom. The number of rotatable bonds is 7. The second kappa shape index (κ2) is 9.55. The predicted octanol–water partition coefficient (Wildman–Crippen LogP) is 4.66. The molecular weight excluding hydrogens is 366 g/mol. The van der Waals surface area contributed by atoms with Gasteiger partial charge in [0.05, 0.1) is 18.3 Å². The molecule has 1 fully saturated rings. The van der Waals surface area contributed by atoms with E-state index in [9.17, 15) is 0 Å². The normalized spacial score (nSPS) is 20.1. The lowest BCUT2D eigenvalue weighted by Crippen LogP contribution is -2.35. The fourth-order valence-corrected chi connectivity index (χ4v) is 4.04. The molecule has 0 bridgehead atoms. The summed E-state index contributed by atoms with van der Waals surface area (Å²) in [5.74, 6) is 1.86. The first-order valence-corrected chi connectivity index (χ1v) is 10.3. The number of amidine groups is 1. The molecular formula is C22H27N5S. The smallest absolute Gasteiger partial charge is 0.141 e. The molecule has 2 aliphatic heterocycles. The van der Waals surface area contributed by atoms with E-state index in [0.29, 0.717) is 6.54 Å². The van der Waals surface area contributed by atoms with Crippen LogP contribution in [0.2, 0.25) is 0 Å². The van der Waals surface area contributed by atoms with Crippen molar-refractivity contribution in [3.63, 3.8) is 0 Å². The lowest BCUT2D eigenvalue weighted by atomic mass is 10.0. The van der Waals surface area contributed by atoms with Gasteiger partial charge in [0.1, 0.15) is 11.7 Å². The van der Waals surface area contributed by atoms with Crippen LogP contribution < -0.4 is 5.32 Å². The van der Waals surface area contributed by atoms with E-state index in [1.807, 2.05) is 62.9 Å². The van der Waals surface area contributed by atoms with Crippen molar-refractivity contribution in [2.75, 3.05) is 25.5 Å². The van der Waals surface area contributed by atoms with Crippen molar-refractivity contribution in [2.45, 2.75) is 26.3 Å². The average molecular weight is 394 g/mol. The number of nitrogens with one attached hydrogen (secondary N) is 1. The minimum absolute atomic E-state index is 0.256. The Kier molecular flexibility index (Phi) is 6.87. The van der Waals surface area contributed by atoms with Gasteiger partial charge in [-0.1, -0.05) is 36.6 Å². The van der Waals surface area contributed by atoms with Crippen molar-refractivity contribution in [1.82, 2.24) is 9.88 Å². The second-order valence-electron chi connectivity index (χ2n) is 6.56. The molecule has 0 amide bonds. The molecule has 6 heteroatoms. The molecule has 0 aromatic carbocycles. The minimum atomic E-state index is 0.256. The topological polar surface area (TPSA) is 52.9 Å². The summed E-state index contributed by atoms with van der Waals surface area (Å²) in [4.78, 5) is 17.0. The zero-order valence-electron chi connectivity index (χ0n) is 16.7. The maximum absolute atomic E-state index is 4.87. The Morgan fingerprint density at radius 3 is 2.89 bits per heavy atom. The van der Waals surface area contributed by atoms with Gasteiger partial charge in [-0.15, -0.1) is 0 Å². The van der Waals surface area contributed by atoms with Gasteiger partial charge in [0.25, 0.3) is 0 Å². The van der Waals surface area contributed by atoms with Crippen LogP contribution in [-0.4, -0.2) is 47.6 Å². The van der Waals surface area contributed by atoms with Crippen LogP contribution in [0.15, 0.2) is 80.8 Å². The SMILES string of the molecule is C=C(S/C=C\C)C1=NCC(C(/C=C\C)=N/C)=C2CC(Nc3ccccn3)CN12. The van der Waals surface area contributed by atoms with Gasteiger partial charge in [-0.3, -0.25) is 9.98 Å². The number of nitrogens with zero attached hydrogens (tertiary/aromatic N) is 4. The third-order valence-electron chi connectivity index (χ3n) is 4.65. The van der Waals surface area contributed by atoms with E-state index >= 15 is 0 Å². The lowest BCUT2D eigenvalue weighted by molar-refractivity contribution is 0.560. The molecule has 2 aliphatic rings. The van der Waals surface area contributed by atoms with E-state index < -0.39 is 0 Å². The van der Waals surface area contributed by atoms with Crippen LogP contribution in [-0.2, 0) is 0 Å². The molecule has 1 unspecified atom stereocenters. The number of pyridine rings is 1. The molecule has 1 N–H and O–H groups in total. The first-order chi connectivity index (χ1) is 13.7. The van der Waals surface area contributed by atoms with Crippen LogP contribution in [0.5, 0.6) is 0 Å². The molecule has 1 aromatic heterocycles. The van der Waals surface area contributed by atoms with Crippen LogP contribution in [0.4, 0.5) is 5.82 Å². The Hall–Kier alpha value is -2.60. The van der Waals surface area contributed by atoms with E-state index in [4.69, 9.17) is 4.99 Å². The number of anilines is 1. The van der Waals surface area contributed by atoms with Crippen molar-refractivity contribution in [3.8, 4) is 0 Å². The third kappa shape index (κ3) is 4.44. The minimum Gasteiger partial charge on any atom is -0.365 e. The average Bonchev–Trinajstić information content (AvgIpc) is 3.14. The summed E-state index contributed by atoms with van der Waals surface area (Å²) in [5, 5.41) is 5.60. The maximum Gasteiger partial charge on any atom is 0.141 e. The maximum atomic E-state index is 4.87. The van der Waals surface area contributed by atoms with E-state index in [2.05, 4.69) is 32.8 Å². The van der Waals surface area contributed by atoms with Gasteiger partial charge in [-0.05, 0) is 37.5 Å². The number of fused-ring (bicyclic) bond motifs is 1. The summed E-state index contributed by atoms with van der Waals surface area (Å²) >= 11 is 1.62. The standard InChI is InChI=1S/C22H27N5S/c1-5-9-19(23-4)18-14-25-22(16(3)28-12-6-2)27-15-17(13-20(18)27)26-21-10-7-8-11-24-21/h5-12,17H,3,13-15H2,1-2,4H3,(H,24,26)/b9-5-,12-6-,23-19+. The largest absolute Gasteiger partial charge is 0.365 e. The number of allylic oxidation sites excluding steroid dienone is 3. The molecule has 0 saturated carbocycles. The fourth-order valence-electron chi connectivity index (χ4n) is 3.46. The number of aromatic nitrogens is 1. The zero-order valence-corrected chi connectivity index (χ0v) is 17.5. The van der Waals surface area contributed by atoms with Gasteiger partial charge < -0.3 is 10.2 Å². The number of aliphatic imine (C=N–C) groups is 2. The van der Waals surface area contributed by atoms with Crippen LogP contribution in [0.3, 0.4) is 0 Å². The molecule has 1 aromatic rings. The van der Waals surface area contributed by atoms with Crippen molar-refractivity contribution in [1.29, 1.82) is 0 Å². The van der Waals surface area contributed by atoms with E-state index in [1.165, 1.54) is 11.3 Å². The lowest BCUT2D eigenvalue weighted by Gasteiger charge is -2.29. The van der Waals surface area contributed by atoms with Crippen molar-refractivity contribution < 1.29 is 0 Å². The van der Waals surface area contributed by atoms with Crippen LogP contribution in [0.25, 0.3) is 0 Å². The quantitative estimate of drug-likeness (QED) is 0.685. The van der Waals surface area contributed by atoms with Crippen LogP contribution in [0.1, 0.15) is 20.3 Å². The first kappa shape index (κ1) is 20.1. The van der Waals surface area contributed by atoms with Gasteiger partial charge in [-0.25, -0.2) is 4.98 Å². The molecule has 0 radical (unpaired) electrons. The van der Waals surface area contributed by atoms with Gasteiger partial charge >= 0.3 is 0 Å². The summed E-state index contributed by atoms with van der Waals surface area (Å²) < 4.78 is 0. The highest BCUT2D eigenvalue weighted by Gasteiger charge is 2.35. The zero-order chi connectivity index (χ0) is 19.9. The molecule has 5 nitrogen and oxygen atoms in total. The summed E-state index contributed by atoms with van der Waals surface area (Å²) in [7, 11) is 1.84. The highest BCUT2D eigenvalue weighted by Crippen LogP contribution is 2.34. The van der Waals surface area contributed by atoms with E-state index in [-0.39, 0.29) is 6.04 Å². The van der Waals surface area contributed by atoms with Gasteiger partial charge in [0.2, 0.25) is 0 Å². The highest BCUT2D eigenvalue weighted by molar-refractivity contribution is 8.06. The number of hydrogen-bond donors (Lipinski definition) is 1. The molecule has 3 heterocycles. The van der Waals surface area contributed by atoms with Crippen molar-refractivity contribution in [3.05, 3.63) is 70.8 Å². The summed E-state index contributed by atoms with van der Waals surface area (Å²) in [6.07, 6.45) is 8.82. The molecule has 1 atom stereocenters. The Balaban J connectivity index is 1.90. The van der Waals surface area contributed by atoms with Crippen molar-refractivity contribution in [2.24, 2.45) is 9.98 Å².